The Labute approximate surface area is 128 Å². The van der Waals surface area contributed by atoms with Gasteiger partial charge in [-0.25, -0.2) is 0 Å². The number of aromatic nitrogens is 1. The van der Waals surface area contributed by atoms with Crippen molar-refractivity contribution in [1.82, 2.24) is 4.98 Å². The fourth-order valence-corrected chi connectivity index (χ4v) is 3.19. The number of halogens is 1. The molecule has 1 aromatic carbocycles. The maximum Gasteiger partial charge on any atom is 0.231 e. The predicted octanol–water partition coefficient (Wildman–Crippen LogP) is 3.26. The number of nitrogens with one attached hydrogen (secondary N) is 1. The van der Waals surface area contributed by atoms with Gasteiger partial charge in [-0.3, -0.25) is 9.78 Å². The van der Waals surface area contributed by atoms with E-state index in [0.29, 0.717) is 17.3 Å². The molecule has 3 N–H and O–H groups in total. The second kappa shape index (κ2) is 5.28. The Balaban J connectivity index is 2.03. The van der Waals surface area contributed by atoms with Crippen LogP contribution in [0, 0.1) is 12.3 Å². The molecule has 0 bridgehead atoms. The van der Waals surface area contributed by atoms with E-state index in [1.165, 1.54) is 0 Å². The Bertz CT molecular complexity index is 704. The first-order valence-corrected chi connectivity index (χ1v) is 7.50. The van der Waals surface area contributed by atoms with Crippen molar-refractivity contribution in [3.63, 3.8) is 0 Å². The first-order chi connectivity index (χ1) is 10.1. The molecule has 0 aliphatic heterocycles. The minimum atomic E-state index is -0.428. The van der Waals surface area contributed by atoms with Crippen LogP contribution in [0.25, 0.3) is 10.9 Å². The van der Waals surface area contributed by atoms with Crippen LogP contribution < -0.4 is 11.1 Å². The molecule has 1 heterocycles. The van der Waals surface area contributed by atoms with Gasteiger partial charge in [0.2, 0.25) is 5.91 Å². The number of anilines is 1. The van der Waals surface area contributed by atoms with Crippen LogP contribution in [0.3, 0.4) is 0 Å². The Kier molecular flexibility index (Phi) is 3.59. The number of nitrogens with zero attached hydrogens (tertiary/aromatic N) is 1. The Morgan fingerprint density at radius 2 is 2.29 bits per heavy atom. The van der Waals surface area contributed by atoms with Crippen molar-refractivity contribution in [3.05, 3.63) is 35.0 Å². The van der Waals surface area contributed by atoms with E-state index in [-0.39, 0.29) is 5.91 Å². The van der Waals surface area contributed by atoms with Crippen LogP contribution in [0.4, 0.5) is 5.69 Å². The second-order valence-corrected chi connectivity index (χ2v) is 6.15. The molecule has 5 heteroatoms. The van der Waals surface area contributed by atoms with E-state index in [9.17, 15) is 4.79 Å². The van der Waals surface area contributed by atoms with Crippen molar-refractivity contribution < 1.29 is 4.79 Å². The summed E-state index contributed by atoms with van der Waals surface area (Å²) in [6.45, 7) is 2.33. The summed E-state index contributed by atoms with van der Waals surface area (Å²) >= 11 is 6.33. The molecular formula is C16H18ClN3O. The molecule has 1 saturated carbocycles. The quantitative estimate of drug-likeness (QED) is 0.914. The first-order valence-electron chi connectivity index (χ1n) is 7.13. The van der Waals surface area contributed by atoms with Gasteiger partial charge in [-0.15, -0.1) is 0 Å². The fourth-order valence-electron chi connectivity index (χ4n) is 2.88. The van der Waals surface area contributed by atoms with Crippen LogP contribution in [0.2, 0.25) is 5.02 Å². The number of aryl methyl sites for hydroxylation is 1. The molecular weight excluding hydrogens is 286 g/mol. The summed E-state index contributed by atoms with van der Waals surface area (Å²) in [6.07, 6.45) is 4.47. The Hall–Kier alpha value is -1.65. The number of hydrogen-bond acceptors (Lipinski definition) is 3. The zero-order valence-corrected chi connectivity index (χ0v) is 12.7. The smallest absolute Gasteiger partial charge is 0.231 e. The van der Waals surface area contributed by atoms with Gasteiger partial charge in [0, 0.05) is 18.1 Å². The zero-order valence-electron chi connectivity index (χ0n) is 11.9. The highest BCUT2D eigenvalue weighted by Gasteiger charge is 2.43. The van der Waals surface area contributed by atoms with E-state index in [1.807, 2.05) is 25.1 Å². The van der Waals surface area contributed by atoms with Gasteiger partial charge in [0.1, 0.15) is 0 Å². The number of nitrogens with two attached hydrogens (primary N) is 1. The molecule has 0 atom stereocenters. The molecule has 1 aliphatic rings. The molecule has 1 fully saturated rings. The van der Waals surface area contributed by atoms with Crippen molar-refractivity contribution in [2.45, 2.75) is 26.2 Å². The number of carbonyl (C=O) groups is 1. The lowest BCUT2D eigenvalue weighted by Gasteiger charge is -2.39. The summed E-state index contributed by atoms with van der Waals surface area (Å²) in [6, 6.07) is 5.60. The molecule has 0 saturated heterocycles. The zero-order chi connectivity index (χ0) is 15.0. The lowest BCUT2D eigenvalue weighted by atomic mass is 9.68. The van der Waals surface area contributed by atoms with Gasteiger partial charge >= 0.3 is 0 Å². The van der Waals surface area contributed by atoms with Gasteiger partial charge in [0.25, 0.3) is 0 Å². The van der Waals surface area contributed by atoms with Gasteiger partial charge in [0.05, 0.1) is 21.6 Å². The van der Waals surface area contributed by atoms with Crippen LogP contribution in [-0.4, -0.2) is 17.4 Å². The highest BCUT2D eigenvalue weighted by Crippen LogP contribution is 2.42. The molecule has 1 aromatic heterocycles. The van der Waals surface area contributed by atoms with Crippen LogP contribution in [0.5, 0.6) is 0 Å². The third-order valence-electron chi connectivity index (χ3n) is 4.45. The van der Waals surface area contributed by atoms with E-state index >= 15 is 0 Å². The van der Waals surface area contributed by atoms with Crippen LogP contribution in [0.15, 0.2) is 24.4 Å². The summed E-state index contributed by atoms with van der Waals surface area (Å²) in [5, 5.41) is 4.38. The van der Waals surface area contributed by atoms with Gasteiger partial charge < -0.3 is 11.1 Å². The van der Waals surface area contributed by atoms with E-state index in [2.05, 4.69) is 10.3 Å². The first kappa shape index (κ1) is 14.3. The third-order valence-corrected chi connectivity index (χ3v) is 4.75. The SMILES string of the molecule is Cc1cc(Cl)c(NC(=O)C2(CN)CCC2)c2cccnc12. The molecule has 110 valence electrons. The van der Waals surface area contributed by atoms with Gasteiger partial charge in [-0.05, 0) is 43.5 Å². The monoisotopic (exact) mass is 303 g/mol. The Morgan fingerprint density at radius 3 is 2.90 bits per heavy atom. The van der Waals surface area contributed by atoms with Crippen molar-refractivity contribution in [3.8, 4) is 0 Å². The summed E-state index contributed by atoms with van der Waals surface area (Å²) < 4.78 is 0. The second-order valence-electron chi connectivity index (χ2n) is 5.74. The fraction of sp³-hybridized carbons (Fsp3) is 0.375. The molecule has 0 unspecified atom stereocenters. The predicted molar refractivity (Wildman–Crippen MR) is 85.5 cm³/mol. The van der Waals surface area contributed by atoms with E-state index in [4.69, 9.17) is 17.3 Å². The van der Waals surface area contributed by atoms with Crippen molar-refractivity contribution in [2.75, 3.05) is 11.9 Å². The van der Waals surface area contributed by atoms with Gasteiger partial charge in [-0.1, -0.05) is 18.0 Å². The molecule has 1 aliphatic carbocycles. The summed E-state index contributed by atoms with van der Waals surface area (Å²) in [5.41, 5.74) is 7.84. The van der Waals surface area contributed by atoms with Crippen LogP contribution >= 0.6 is 11.6 Å². The third kappa shape index (κ3) is 2.28. The molecule has 3 rings (SSSR count). The van der Waals surface area contributed by atoms with Crippen molar-refractivity contribution >= 4 is 34.1 Å². The highest BCUT2D eigenvalue weighted by molar-refractivity contribution is 6.35. The largest absolute Gasteiger partial charge is 0.329 e. The van der Waals surface area contributed by atoms with Gasteiger partial charge in [0.15, 0.2) is 0 Å². The number of hydrogen-bond donors (Lipinski definition) is 2. The molecule has 2 aromatic rings. The molecule has 1 amide bonds. The molecule has 21 heavy (non-hydrogen) atoms. The number of pyridine rings is 1. The molecule has 0 spiro atoms. The standard InChI is InChI=1S/C16H18ClN3O/c1-10-8-12(17)14(11-4-2-7-19-13(10)11)20-15(21)16(9-18)5-3-6-16/h2,4,7-8H,3,5-6,9,18H2,1H3,(H,20,21). The summed E-state index contributed by atoms with van der Waals surface area (Å²) in [4.78, 5) is 16.9. The minimum absolute atomic E-state index is 0.0350. The number of carbonyl (C=O) groups excluding carboxylic acids is 1. The van der Waals surface area contributed by atoms with Crippen LogP contribution in [0.1, 0.15) is 24.8 Å². The van der Waals surface area contributed by atoms with Crippen LogP contribution in [-0.2, 0) is 4.79 Å². The summed E-state index contributed by atoms with van der Waals surface area (Å²) in [7, 11) is 0. The van der Waals surface area contributed by atoms with E-state index < -0.39 is 5.41 Å². The molecule has 0 radical (unpaired) electrons. The van der Waals surface area contributed by atoms with Gasteiger partial charge in [-0.2, -0.15) is 0 Å². The van der Waals surface area contributed by atoms with Crippen molar-refractivity contribution in [1.29, 1.82) is 0 Å². The Morgan fingerprint density at radius 1 is 1.52 bits per heavy atom. The average molecular weight is 304 g/mol. The lowest BCUT2D eigenvalue weighted by Crippen LogP contribution is -2.47. The van der Waals surface area contributed by atoms with Crippen molar-refractivity contribution in [2.24, 2.45) is 11.1 Å². The lowest BCUT2D eigenvalue weighted by molar-refractivity contribution is -0.129. The summed E-state index contributed by atoms with van der Waals surface area (Å²) in [5.74, 6) is -0.0350. The maximum atomic E-state index is 12.6. The molecule has 4 nitrogen and oxygen atoms in total. The van der Waals surface area contributed by atoms with E-state index in [0.717, 1.165) is 35.7 Å². The number of benzene rings is 1. The number of amides is 1. The minimum Gasteiger partial charge on any atom is -0.329 e. The normalized spacial score (nSPS) is 16.5. The van der Waals surface area contributed by atoms with E-state index in [1.54, 1.807) is 6.20 Å². The maximum absolute atomic E-state index is 12.6. The number of rotatable bonds is 3. The number of fused-ring (bicyclic) bond motifs is 1. The average Bonchev–Trinajstić information content (AvgIpc) is 2.43. The highest BCUT2D eigenvalue weighted by atomic mass is 35.5. The topological polar surface area (TPSA) is 68.0 Å².